The summed E-state index contributed by atoms with van der Waals surface area (Å²) in [6.07, 6.45) is 1.44. The monoisotopic (exact) mass is 294 g/mol. The van der Waals surface area contributed by atoms with Gasteiger partial charge in [-0.25, -0.2) is 9.37 Å². The summed E-state index contributed by atoms with van der Waals surface area (Å²) in [6, 6.07) is 7.32. The molecule has 2 rings (SSSR count). The van der Waals surface area contributed by atoms with Gasteiger partial charge in [0.1, 0.15) is 11.0 Å². The number of pyridine rings is 1. The van der Waals surface area contributed by atoms with E-state index in [9.17, 15) is 9.18 Å². The Labute approximate surface area is 120 Å². The van der Waals surface area contributed by atoms with Crippen molar-refractivity contribution in [3.05, 3.63) is 64.2 Å². The first kappa shape index (κ1) is 14.4. The predicted molar refractivity (Wildman–Crippen MR) is 72.7 cm³/mol. The number of aliphatic hydroxyl groups excluding tert-OH is 1. The molecule has 0 aliphatic rings. The lowest BCUT2D eigenvalue weighted by molar-refractivity contribution is 0.0951. The van der Waals surface area contributed by atoms with Crippen molar-refractivity contribution < 1.29 is 14.3 Å². The van der Waals surface area contributed by atoms with Crippen molar-refractivity contribution in [1.82, 2.24) is 10.3 Å². The number of aliphatic hydroxyl groups is 1. The number of carbonyl (C=O) groups excluding carboxylic acids is 1. The Hall–Kier alpha value is -1.98. The van der Waals surface area contributed by atoms with Gasteiger partial charge >= 0.3 is 0 Å². The van der Waals surface area contributed by atoms with E-state index in [2.05, 4.69) is 10.3 Å². The molecule has 1 heterocycles. The fraction of sp³-hybridized carbons (Fsp3) is 0.143. The second kappa shape index (κ2) is 6.45. The first-order valence-electron chi connectivity index (χ1n) is 5.88. The molecule has 2 N–H and O–H groups in total. The molecule has 0 unspecified atom stereocenters. The summed E-state index contributed by atoms with van der Waals surface area (Å²) in [6.45, 7) is -0.153. The van der Waals surface area contributed by atoms with E-state index in [1.54, 1.807) is 12.1 Å². The molecule has 0 saturated heterocycles. The van der Waals surface area contributed by atoms with Crippen LogP contribution in [-0.4, -0.2) is 16.0 Å². The van der Waals surface area contributed by atoms with Crippen LogP contribution < -0.4 is 5.32 Å². The fourth-order valence-electron chi connectivity index (χ4n) is 1.69. The van der Waals surface area contributed by atoms with Gasteiger partial charge in [-0.05, 0) is 29.8 Å². The second-order valence-corrected chi connectivity index (χ2v) is 4.52. The number of nitrogens with one attached hydrogen (secondary N) is 1. The molecule has 1 amide bonds. The van der Waals surface area contributed by atoms with Gasteiger partial charge in [0.15, 0.2) is 0 Å². The van der Waals surface area contributed by atoms with Crippen LogP contribution in [0.5, 0.6) is 0 Å². The molecule has 0 radical (unpaired) electrons. The number of amides is 1. The van der Waals surface area contributed by atoms with Gasteiger partial charge in [-0.1, -0.05) is 17.7 Å². The third-order valence-corrected chi connectivity index (χ3v) is 2.93. The number of rotatable bonds is 4. The van der Waals surface area contributed by atoms with E-state index in [-0.39, 0.29) is 29.8 Å². The summed E-state index contributed by atoms with van der Waals surface area (Å²) in [5.41, 5.74) is 1.29. The number of aromatic nitrogens is 1. The van der Waals surface area contributed by atoms with Crippen molar-refractivity contribution in [3.63, 3.8) is 0 Å². The van der Waals surface area contributed by atoms with Gasteiger partial charge in [-0.3, -0.25) is 4.79 Å². The van der Waals surface area contributed by atoms with E-state index < -0.39 is 5.82 Å². The van der Waals surface area contributed by atoms with Crippen LogP contribution in [-0.2, 0) is 13.2 Å². The van der Waals surface area contributed by atoms with Crippen molar-refractivity contribution in [3.8, 4) is 0 Å². The molecule has 0 aliphatic carbocycles. The Kier molecular flexibility index (Phi) is 4.65. The van der Waals surface area contributed by atoms with Crippen LogP contribution in [0.1, 0.15) is 21.5 Å². The number of hydrogen-bond acceptors (Lipinski definition) is 3. The molecule has 104 valence electrons. The summed E-state index contributed by atoms with van der Waals surface area (Å²) in [7, 11) is 0. The Morgan fingerprint density at radius 2 is 2.15 bits per heavy atom. The molecule has 2 aromatic rings. The number of carbonyl (C=O) groups is 1. The molecule has 0 saturated carbocycles. The number of halogens is 2. The SMILES string of the molecule is O=C(NCc1ccc(F)c(CO)c1)c1ccnc(Cl)c1. The van der Waals surface area contributed by atoms with Gasteiger partial charge in [-0.2, -0.15) is 0 Å². The molecule has 20 heavy (non-hydrogen) atoms. The molecule has 6 heteroatoms. The standard InChI is InChI=1S/C14H12ClFN2O2/c15-13-6-10(3-4-17-13)14(20)18-7-9-1-2-12(16)11(5-9)8-19/h1-6,19H,7-8H2,(H,18,20). The van der Waals surface area contributed by atoms with Crippen LogP contribution in [0.3, 0.4) is 0 Å². The zero-order valence-electron chi connectivity index (χ0n) is 10.4. The Morgan fingerprint density at radius 3 is 2.85 bits per heavy atom. The maximum absolute atomic E-state index is 13.2. The molecule has 0 spiro atoms. The lowest BCUT2D eigenvalue weighted by Crippen LogP contribution is -2.22. The third-order valence-electron chi connectivity index (χ3n) is 2.72. The van der Waals surface area contributed by atoms with Gasteiger partial charge in [0.2, 0.25) is 0 Å². The zero-order chi connectivity index (χ0) is 14.5. The molecule has 0 fully saturated rings. The lowest BCUT2D eigenvalue weighted by Gasteiger charge is -2.07. The summed E-state index contributed by atoms with van der Waals surface area (Å²) in [5.74, 6) is -0.771. The molecular weight excluding hydrogens is 283 g/mol. The van der Waals surface area contributed by atoms with Gasteiger partial charge in [0.05, 0.1) is 6.61 Å². The van der Waals surface area contributed by atoms with Gasteiger partial charge in [-0.15, -0.1) is 0 Å². The lowest BCUT2D eigenvalue weighted by atomic mass is 10.1. The van der Waals surface area contributed by atoms with Crippen molar-refractivity contribution in [1.29, 1.82) is 0 Å². The average Bonchev–Trinajstić information content (AvgIpc) is 2.46. The first-order chi connectivity index (χ1) is 9.60. The molecule has 0 bridgehead atoms. The average molecular weight is 295 g/mol. The Balaban J connectivity index is 2.03. The van der Waals surface area contributed by atoms with Crippen LogP contribution in [0.25, 0.3) is 0 Å². The Morgan fingerprint density at radius 1 is 1.35 bits per heavy atom. The van der Waals surface area contributed by atoms with E-state index in [1.807, 2.05) is 0 Å². The third kappa shape index (κ3) is 3.53. The number of benzene rings is 1. The summed E-state index contributed by atoms with van der Waals surface area (Å²) in [4.78, 5) is 15.7. The summed E-state index contributed by atoms with van der Waals surface area (Å²) < 4.78 is 13.2. The van der Waals surface area contributed by atoms with Crippen LogP contribution in [0.2, 0.25) is 5.15 Å². The van der Waals surface area contributed by atoms with Crippen LogP contribution in [0.4, 0.5) is 4.39 Å². The summed E-state index contributed by atoms with van der Waals surface area (Å²) >= 11 is 5.70. The second-order valence-electron chi connectivity index (χ2n) is 4.13. The molecule has 1 aromatic carbocycles. The Bertz CT molecular complexity index is 634. The van der Waals surface area contributed by atoms with Crippen LogP contribution in [0.15, 0.2) is 36.5 Å². The van der Waals surface area contributed by atoms with Crippen molar-refractivity contribution in [2.45, 2.75) is 13.2 Å². The molecule has 0 atom stereocenters. The van der Waals surface area contributed by atoms with Crippen molar-refractivity contribution >= 4 is 17.5 Å². The fourth-order valence-corrected chi connectivity index (χ4v) is 1.86. The number of nitrogens with zero attached hydrogens (tertiary/aromatic N) is 1. The molecule has 1 aromatic heterocycles. The highest BCUT2D eigenvalue weighted by Crippen LogP contribution is 2.11. The van der Waals surface area contributed by atoms with E-state index in [4.69, 9.17) is 16.7 Å². The largest absolute Gasteiger partial charge is 0.392 e. The highest BCUT2D eigenvalue weighted by atomic mass is 35.5. The predicted octanol–water partition coefficient (Wildman–Crippen LogP) is 2.30. The highest BCUT2D eigenvalue weighted by Gasteiger charge is 2.07. The van der Waals surface area contributed by atoms with E-state index >= 15 is 0 Å². The molecule has 0 aliphatic heterocycles. The molecule has 4 nitrogen and oxygen atoms in total. The van der Waals surface area contributed by atoms with Gasteiger partial charge < -0.3 is 10.4 Å². The van der Waals surface area contributed by atoms with E-state index in [0.29, 0.717) is 11.1 Å². The minimum Gasteiger partial charge on any atom is -0.392 e. The van der Waals surface area contributed by atoms with Crippen molar-refractivity contribution in [2.75, 3.05) is 0 Å². The normalized spacial score (nSPS) is 10.3. The van der Waals surface area contributed by atoms with Crippen molar-refractivity contribution in [2.24, 2.45) is 0 Å². The first-order valence-corrected chi connectivity index (χ1v) is 6.26. The minimum absolute atomic E-state index is 0.198. The summed E-state index contributed by atoms with van der Waals surface area (Å²) in [5, 5.41) is 11.9. The van der Waals surface area contributed by atoms with E-state index in [1.165, 1.54) is 24.4 Å². The minimum atomic E-state index is -0.469. The highest BCUT2D eigenvalue weighted by molar-refractivity contribution is 6.29. The molecular formula is C14H12ClFN2O2. The van der Waals surface area contributed by atoms with Crippen LogP contribution >= 0.6 is 11.6 Å². The number of hydrogen-bond donors (Lipinski definition) is 2. The topological polar surface area (TPSA) is 62.2 Å². The van der Waals surface area contributed by atoms with E-state index in [0.717, 1.165) is 0 Å². The maximum Gasteiger partial charge on any atom is 0.251 e. The quantitative estimate of drug-likeness (QED) is 0.851. The van der Waals surface area contributed by atoms with Gasteiger partial charge in [0, 0.05) is 23.9 Å². The van der Waals surface area contributed by atoms with Gasteiger partial charge in [0.25, 0.3) is 5.91 Å². The smallest absolute Gasteiger partial charge is 0.251 e. The van der Waals surface area contributed by atoms with Crippen LogP contribution in [0, 0.1) is 5.82 Å². The zero-order valence-corrected chi connectivity index (χ0v) is 11.2. The maximum atomic E-state index is 13.2.